The summed E-state index contributed by atoms with van der Waals surface area (Å²) in [6.07, 6.45) is 8.02. The minimum absolute atomic E-state index is 0.199. The number of hydrogen-bond acceptors (Lipinski definition) is 6. The van der Waals surface area contributed by atoms with Gasteiger partial charge < -0.3 is 14.2 Å². The third kappa shape index (κ3) is 4.21. The maximum Gasteiger partial charge on any atom is 0.263 e. The number of aromatic nitrogens is 2. The van der Waals surface area contributed by atoms with E-state index in [1.807, 2.05) is 24.3 Å². The molecule has 166 valence electrons. The Kier molecular flexibility index (Phi) is 6.22. The smallest absolute Gasteiger partial charge is 0.263 e. The lowest BCUT2D eigenvalue weighted by molar-refractivity contribution is 0.0964. The summed E-state index contributed by atoms with van der Waals surface area (Å²) in [5.74, 6) is 0.761. The highest BCUT2D eigenvalue weighted by molar-refractivity contribution is 6.09. The van der Waals surface area contributed by atoms with Crippen LogP contribution >= 0.6 is 0 Å². The van der Waals surface area contributed by atoms with Crippen LogP contribution in [-0.2, 0) is 0 Å². The highest BCUT2D eigenvalue weighted by atomic mass is 16.5. The van der Waals surface area contributed by atoms with Crippen LogP contribution in [0.15, 0.2) is 73.2 Å². The number of nitrogens with zero attached hydrogens (tertiary/aromatic N) is 2. The molecule has 0 aliphatic carbocycles. The van der Waals surface area contributed by atoms with Gasteiger partial charge in [-0.2, -0.15) is 0 Å². The molecule has 2 aromatic carbocycles. The number of carbonyl (C=O) groups excluding carboxylic acids is 2. The summed E-state index contributed by atoms with van der Waals surface area (Å²) in [7, 11) is 4.50. The minimum Gasteiger partial charge on any atom is -0.493 e. The van der Waals surface area contributed by atoms with Crippen LogP contribution in [0.3, 0.4) is 0 Å². The SMILES string of the molecule is COc1cc(C(=O)/C=C/c2cn(C(=O)c3cccnc3)c3ccccc23)cc(OC)c1OC. The molecular formula is C26H22N2O5. The van der Waals surface area contributed by atoms with E-state index in [4.69, 9.17) is 14.2 Å². The molecule has 0 bridgehead atoms. The number of rotatable bonds is 7. The van der Waals surface area contributed by atoms with Crippen molar-refractivity contribution in [1.82, 2.24) is 9.55 Å². The predicted octanol–water partition coefficient (Wildman–Crippen LogP) is 4.65. The normalized spacial score (nSPS) is 11.0. The Hall–Kier alpha value is -4.39. The first-order chi connectivity index (χ1) is 16.1. The van der Waals surface area contributed by atoms with Crippen molar-refractivity contribution in [3.05, 3.63) is 89.9 Å². The molecule has 0 aliphatic rings. The van der Waals surface area contributed by atoms with Crippen LogP contribution in [0.2, 0.25) is 0 Å². The quantitative estimate of drug-likeness (QED) is 0.306. The fourth-order valence-corrected chi connectivity index (χ4v) is 3.62. The summed E-state index contributed by atoms with van der Waals surface area (Å²) >= 11 is 0. The highest BCUT2D eigenvalue weighted by Gasteiger charge is 2.17. The van der Waals surface area contributed by atoms with Crippen molar-refractivity contribution in [2.75, 3.05) is 21.3 Å². The minimum atomic E-state index is -0.246. The summed E-state index contributed by atoms with van der Waals surface area (Å²) in [4.78, 5) is 30.0. The third-order valence-electron chi connectivity index (χ3n) is 5.23. The number of ketones is 1. The highest BCUT2D eigenvalue weighted by Crippen LogP contribution is 2.38. The summed E-state index contributed by atoms with van der Waals surface area (Å²) in [5, 5.41) is 0.851. The number of benzene rings is 2. The van der Waals surface area contributed by atoms with E-state index in [1.165, 1.54) is 33.6 Å². The summed E-state index contributed by atoms with van der Waals surface area (Å²) in [6, 6.07) is 14.2. The number of para-hydroxylation sites is 1. The molecule has 33 heavy (non-hydrogen) atoms. The molecule has 4 aromatic rings. The van der Waals surface area contributed by atoms with Gasteiger partial charge in [-0.1, -0.05) is 18.2 Å². The second-order valence-electron chi connectivity index (χ2n) is 7.13. The van der Waals surface area contributed by atoms with Crippen LogP contribution in [0.1, 0.15) is 26.3 Å². The molecule has 0 radical (unpaired) electrons. The van der Waals surface area contributed by atoms with Crippen molar-refractivity contribution in [2.45, 2.75) is 0 Å². The standard InChI is InChI=1S/C26H22N2O5/c1-31-23-13-19(14-24(32-2)25(23)33-3)22(29)11-10-18-16-28(21-9-5-4-8-20(18)21)26(30)17-7-6-12-27-15-17/h4-16H,1-3H3/b11-10+. The number of fused-ring (bicyclic) bond motifs is 1. The average molecular weight is 442 g/mol. The predicted molar refractivity (Wildman–Crippen MR) is 125 cm³/mol. The van der Waals surface area contributed by atoms with Gasteiger partial charge in [0.1, 0.15) is 0 Å². The summed E-state index contributed by atoms with van der Waals surface area (Å²) in [5.41, 5.74) is 2.34. The van der Waals surface area contributed by atoms with Gasteiger partial charge in [0.2, 0.25) is 5.75 Å². The molecule has 7 heteroatoms. The molecule has 0 spiro atoms. The average Bonchev–Trinajstić information content (AvgIpc) is 3.25. The van der Waals surface area contributed by atoms with Crippen LogP contribution in [0.4, 0.5) is 0 Å². The zero-order chi connectivity index (χ0) is 23.4. The molecule has 0 unspecified atom stereocenters. The fraction of sp³-hybridized carbons (Fsp3) is 0.115. The first kappa shape index (κ1) is 21.8. The molecule has 0 amide bonds. The van der Waals surface area contributed by atoms with E-state index >= 15 is 0 Å². The van der Waals surface area contributed by atoms with Crippen molar-refractivity contribution < 1.29 is 23.8 Å². The molecule has 0 N–H and O–H groups in total. The van der Waals surface area contributed by atoms with E-state index in [-0.39, 0.29) is 11.7 Å². The van der Waals surface area contributed by atoms with Crippen LogP contribution in [-0.4, -0.2) is 42.6 Å². The Morgan fingerprint density at radius 3 is 2.27 bits per heavy atom. The number of carbonyl (C=O) groups is 2. The summed E-state index contributed by atoms with van der Waals surface area (Å²) in [6.45, 7) is 0. The Labute approximate surface area is 190 Å². The van der Waals surface area contributed by atoms with E-state index in [9.17, 15) is 9.59 Å². The Morgan fingerprint density at radius 2 is 1.64 bits per heavy atom. The summed E-state index contributed by atoms with van der Waals surface area (Å²) < 4.78 is 17.5. The van der Waals surface area contributed by atoms with Gasteiger partial charge in [-0.05, 0) is 42.5 Å². The molecule has 2 heterocycles. The van der Waals surface area contributed by atoms with E-state index in [0.717, 1.165) is 16.5 Å². The maximum absolute atomic E-state index is 13.0. The molecule has 0 fully saturated rings. The Balaban J connectivity index is 1.71. The molecule has 2 aromatic heterocycles. The second kappa shape index (κ2) is 9.40. The van der Waals surface area contributed by atoms with Crippen molar-refractivity contribution in [1.29, 1.82) is 0 Å². The molecule has 0 atom stereocenters. The maximum atomic E-state index is 13.0. The van der Waals surface area contributed by atoms with Gasteiger partial charge in [-0.3, -0.25) is 19.1 Å². The van der Waals surface area contributed by atoms with Crippen LogP contribution in [0, 0.1) is 0 Å². The monoisotopic (exact) mass is 442 g/mol. The number of hydrogen-bond donors (Lipinski definition) is 0. The van der Waals surface area contributed by atoms with Crippen molar-refractivity contribution in [2.24, 2.45) is 0 Å². The van der Waals surface area contributed by atoms with Crippen molar-refractivity contribution in [3.63, 3.8) is 0 Å². The third-order valence-corrected chi connectivity index (χ3v) is 5.23. The van der Waals surface area contributed by atoms with E-state index in [2.05, 4.69) is 4.98 Å². The van der Waals surface area contributed by atoms with Gasteiger partial charge >= 0.3 is 0 Å². The number of ether oxygens (including phenoxy) is 3. The lowest BCUT2D eigenvalue weighted by Crippen LogP contribution is -2.10. The number of methoxy groups -OCH3 is 3. The molecule has 7 nitrogen and oxygen atoms in total. The Bertz CT molecular complexity index is 1330. The molecular weight excluding hydrogens is 420 g/mol. The van der Waals surface area contributed by atoms with Gasteiger partial charge in [0.05, 0.1) is 32.4 Å². The lowest BCUT2D eigenvalue weighted by Gasteiger charge is -2.13. The molecule has 0 aliphatic heterocycles. The zero-order valence-electron chi connectivity index (χ0n) is 18.4. The first-order valence-corrected chi connectivity index (χ1v) is 10.1. The van der Waals surface area contributed by atoms with Gasteiger partial charge in [0.25, 0.3) is 5.91 Å². The molecule has 4 rings (SSSR count). The topological polar surface area (TPSA) is 79.7 Å². The van der Waals surface area contributed by atoms with Crippen molar-refractivity contribution in [3.8, 4) is 17.2 Å². The Morgan fingerprint density at radius 1 is 0.909 bits per heavy atom. The van der Waals surface area contributed by atoms with E-state index in [1.54, 1.807) is 47.3 Å². The number of allylic oxidation sites excluding steroid dienone is 1. The van der Waals surface area contributed by atoms with Gasteiger partial charge in [0.15, 0.2) is 17.3 Å². The number of pyridine rings is 1. The molecule has 0 saturated heterocycles. The lowest BCUT2D eigenvalue weighted by atomic mass is 10.1. The van der Waals surface area contributed by atoms with Crippen LogP contribution < -0.4 is 14.2 Å². The van der Waals surface area contributed by atoms with Gasteiger partial charge in [-0.25, -0.2) is 0 Å². The molecule has 0 saturated carbocycles. The zero-order valence-corrected chi connectivity index (χ0v) is 18.4. The van der Waals surface area contributed by atoms with Crippen molar-refractivity contribution >= 4 is 28.7 Å². The first-order valence-electron chi connectivity index (χ1n) is 10.1. The van der Waals surface area contributed by atoms with Gasteiger partial charge in [-0.15, -0.1) is 0 Å². The van der Waals surface area contributed by atoms with E-state index in [0.29, 0.717) is 28.4 Å². The largest absolute Gasteiger partial charge is 0.493 e. The fourth-order valence-electron chi connectivity index (χ4n) is 3.62. The van der Waals surface area contributed by atoms with Gasteiger partial charge in [0, 0.05) is 35.1 Å². The van der Waals surface area contributed by atoms with Crippen LogP contribution in [0.25, 0.3) is 17.0 Å². The van der Waals surface area contributed by atoms with E-state index < -0.39 is 0 Å². The second-order valence-corrected chi connectivity index (χ2v) is 7.13. The van der Waals surface area contributed by atoms with Crippen LogP contribution in [0.5, 0.6) is 17.2 Å².